The molecule has 1 aliphatic rings. The maximum atomic E-state index is 12.8. The van der Waals surface area contributed by atoms with Crippen molar-refractivity contribution in [2.75, 3.05) is 13.2 Å². The maximum Gasteiger partial charge on any atom is 0.306 e. The molecule has 7 nitrogen and oxygen atoms in total. The van der Waals surface area contributed by atoms with Gasteiger partial charge < -0.3 is 18.9 Å². The Labute approximate surface area is 289 Å². The molecule has 0 saturated carbocycles. The van der Waals surface area contributed by atoms with Crippen molar-refractivity contribution in [3.63, 3.8) is 0 Å². The van der Waals surface area contributed by atoms with Gasteiger partial charge in [0.25, 0.3) is 0 Å². The molecule has 0 unspecified atom stereocenters. The summed E-state index contributed by atoms with van der Waals surface area (Å²) in [6.07, 6.45) is 27.9. The molecule has 7 heteroatoms. The number of carbonyl (C=O) groups is 3. The molecule has 1 saturated heterocycles. The summed E-state index contributed by atoms with van der Waals surface area (Å²) >= 11 is 0. The minimum atomic E-state index is -0.276. The molecule has 1 aliphatic heterocycles. The fourth-order valence-electron chi connectivity index (χ4n) is 6.35. The van der Waals surface area contributed by atoms with Gasteiger partial charge in [-0.15, -0.1) is 0 Å². The van der Waals surface area contributed by atoms with Gasteiger partial charge in [-0.25, -0.2) is 0 Å². The molecule has 47 heavy (non-hydrogen) atoms. The lowest BCUT2D eigenvalue weighted by Crippen LogP contribution is -2.25. The second-order valence-corrected chi connectivity index (χ2v) is 13.9. The van der Waals surface area contributed by atoms with Crippen molar-refractivity contribution in [2.45, 2.75) is 225 Å². The Morgan fingerprint density at radius 1 is 0.553 bits per heavy atom. The van der Waals surface area contributed by atoms with Crippen molar-refractivity contribution in [1.82, 2.24) is 0 Å². The number of hydrogen-bond acceptors (Lipinski definition) is 7. The second kappa shape index (κ2) is 31.6. The van der Waals surface area contributed by atoms with Crippen LogP contribution in [0.2, 0.25) is 0 Å². The molecule has 1 heterocycles. The Bertz CT molecular complexity index is 749. The van der Waals surface area contributed by atoms with Crippen molar-refractivity contribution in [3.05, 3.63) is 0 Å². The van der Waals surface area contributed by atoms with Crippen molar-refractivity contribution in [3.8, 4) is 0 Å². The van der Waals surface area contributed by atoms with Crippen LogP contribution in [0.25, 0.3) is 0 Å². The summed E-state index contributed by atoms with van der Waals surface area (Å²) in [6.45, 7) is 7.78. The van der Waals surface area contributed by atoms with Crippen LogP contribution in [0.1, 0.15) is 207 Å². The summed E-state index contributed by atoms with van der Waals surface area (Å²) in [5.74, 6) is -0.406. The molecule has 0 spiro atoms. The van der Waals surface area contributed by atoms with Crippen LogP contribution < -0.4 is 0 Å². The molecule has 0 amide bonds. The fraction of sp³-hybridized carbons (Fsp3) is 0.925. The molecular formula is C40H74O7. The van der Waals surface area contributed by atoms with Gasteiger partial charge in [-0.2, -0.15) is 0 Å². The molecule has 0 aliphatic carbocycles. The molecule has 0 bridgehead atoms. The SMILES string of the molecule is CCCCCCCCC(=O)OCCC[C@@H](CC[C@@H](CC[C@@H]1CCCO1)OC(=O)CCCCCCCC)OC(=O)CCCCCCCC. The molecule has 1 fully saturated rings. The maximum absolute atomic E-state index is 12.8. The third kappa shape index (κ3) is 26.9. The van der Waals surface area contributed by atoms with Gasteiger partial charge in [-0.3, -0.25) is 14.4 Å². The molecule has 1 rings (SSSR count). The summed E-state index contributed by atoms with van der Waals surface area (Å²) in [5.41, 5.74) is 0. The van der Waals surface area contributed by atoms with Crippen LogP contribution in [0, 0.1) is 0 Å². The van der Waals surface area contributed by atoms with E-state index >= 15 is 0 Å². The van der Waals surface area contributed by atoms with Gasteiger partial charge in [0.1, 0.15) is 12.2 Å². The summed E-state index contributed by atoms with van der Waals surface area (Å²) in [5, 5.41) is 0. The number of hydrogen-bond donors (Lipinski definition) is 0. The minimum absolute atomic E-state index is 0.119. The van der Waals surface area contributed by atoms with Crippen LogP contribution in [-0.4, -0.2) is 49.4 Å². The molecule has 3 atom stereocenters. The third-order valence-electron chi connectivity index (χ3n) is 9.38. The van der Waals surface area contributed by atoms with Gasteiger partial charge in [0, 0.05) is 25.9 Å². The predicted molar refractivity (Wildman–Crippen MR) is 191 cm³/mol. The first kappa shape index (κ1) is 43.4. The summed E-state index contributed by atoms with van der Waals surface area (Å²) in [7, 11) is 0. The zero-order chi connectivity index (χ0) is 34.2. The highest BCUT2D eigenvalue weighted by Crippen LogP contribution is 2.23. The highest BCUT2D eigenvalue weighted by Gasteiger charge is 2.23. The topological polar surface area (TPSA) is 88.1 Å². The fourth-order valence-corrected chi connectivity index (χ4v) is 6.35. The van der Waals surface area contributed by atoms with Gasteiger partial charge in [-0.1, -0.05) is 117 Å². The number of carbonyl (C=O) groups excluding carboxylic acids is 3. The van der Waals surface area contributed by atoms with E-state index in [0.29, 0.717) is 51.6 Å². The average Bonchev–Trinajstić information content (AvgIpc) is 3.59. The van der Waals surface area contributed by atoms with Gasteiger partial charge in [-0.05, 0) is 70.6 Å². The van der Waals surface area contributed by atoms with Crippen molar-refractivity contribution in [2.24, 2.45) is 0 Å². The smallest absolute Gasteiger partial charge is 0.306 e. The summed E-state index contributed by atoms with van der Waals surface area (Å²) < 4.78 is 23.4. The van der Waals surface area contributed by atoms with Crippen LogP contribution in [0.15, 0.2) is 0 Å². The molecule has 0 N–H and O–H groups in total. The summed E-state index contributed by atoms with van der Waals surface area (Å²) in [6, 6.07) is 0. The van der Waals surface area contributed by atoms with Crippen LogP contribution in [0.4, 0.5) is 0 Å². The van der Waals surface area contributed by atoms with Crippen LogP contribution >= 0.6 is 0 Å². The molecular weight excluding hydrogens is 592 g/mol. The Morgan fingerprint density at radius 2 is 1.00 bits per heavy atom. The quantitative estimate of drug-likeness (QED) is 0.0391. The number of rotatable bonds is 33. The van der Waals surface area contributed by atoms with E-state index in [1.165, 1.54) is 70.6 Å². The highest BCUT2D eigenvalue weighted by molar-refractivity contribution is 5.70. The first-order chi connectivity index (χ1) is 23.0. The molecule has 0 aromatic heterocycles. The van der Waals surface area contributed by atoms with E-state index in [2.05, 4.69) is 20.8 Å². The molecule has 0 radical (unpaired) electrons. The lowest BCUT2D eigenvalue weighted by Gasteiger charge is -2.23. The second-order valence-electron chi connectivity index (χ2n) is 13.9. The monoisotopic (exact) mass is 667 g/mol. The van der Waals surface area contributed by atoms with E-state index in [9.17, 15) is 14.4 Å². The van der Waals surface area contributed by atoms with E-state index in [4.69, 9.17) is 18.9 Å². The predicted octanol–water partition coefficient (Wildman–Crippen LogP) is 11.1. The average molecular weight is 667 g/mol. The molecule has 0 aromatic rings. The van der Waals surface area contributed by atoms with E-state index in [1.54, 1.807) is 0 Å². The van der Waals surface area contributed by atoms with E-state index in [0.717, 1.165) is 77.2 Å². The third-order valence-corrected chi connectivity index (χ3v) is 9.38. The van der Waals surface area contributed by atoms with Gasteiger partial charge in [0.05, 0.1) is 12.7 Å². The van der Waals surface area contributed by atoms with E-state index in [1.807, 2.05) is 0 Å². The van der Waals surface area contributed by atoms with E-state index < -0.39 is 0 Å². The van der Waals surface area contributed by atoms with Crippen molar-refractivity contribution < 1.29 is 33.3 Å². The Morgan fingerprint density at radius 3 is 1.47 bits per heavy atom. The zero-order valence-corrected chi connectivity index (χ0v) is 31.0. The lowest BCUT2D eigenvalue weighted by atomic mass is 10.0. The summed E-state index contributed by atoms with van der Waals surface area (Å²) in [4.78, 5) is 37.9. The first-order valence-corrected chi connectivity index (χ1v) is 20.1. The Balaban J connectivity index is 2.61. The Kier molecular flexibility index (Phi) is 29.2. The minimum Gasteiger partial charge on any atom is -0.466 e. The van der Waals surface area contributed by atoms with E-state index in [-0.39, 0.29) is 36.2 Å². The van der Waals surface area contributed by atoms with Gasteiger partial charge in [0.2, 0.25) is 0 Å². The number of esters is 3. The zero-order valence-electron chi connectivity index (χ0n) is 31.0. The first-order valence-electron chi connectivity index (χ1n) is 20.1. The molecule has 0 aromatic carbocycles. The van der Waals surface area contributed by atoms with Crippen LogP contribution in [0.3, 0.4) is 0 Å². The van der Waals surface area contributed by atoms with Crippen molar-refractivity contribution in [1.29, 1.82) is 0 Å². The Hall–Kier alpha value is -1.63. The lowest BCUT2D eigenvalue weighted by molar-refractivity contribution is -0.154. The normalized spacial score (nSPS) is 15.8. The largest absolute Gasteiger partial charge is 0.466 e. The van der Waals surface area contributed by atoms with Crippen LogP contribution in [-0.2, 0) is 33.3 Å². The van der Waals surface area contributed by atoms with Crippen molar-refractivity contribution >= 4 is 17.9 Å². The van der Waals surface area contributed by atoms with Gasteiger partial charge >= 0.3 is 17.9 Å². The standard InChI is InChI=1S/C40H74O7/c1-4-7-10-13-16-19-26-38(41)45-34-23-25-36(46-39(42)27-20-17-14-11-8-5-2)31-32-37(30-29-35-24-22-33-44-35)47-40(43)28-21-18-15-12-9-6-3/h35-37H,4-34H2,1-3H3/t35-,36-,37+/m0/s1. The number of ether oxygens (including phenoxy) is 4. The highest BCUT2D eigenvalue weighted by atomic mass is 16.6. The van der Waals surface area contributed by atoms with Gasteiger partial charge in [0.15, 0.2) is 0 Å². The number of unbranched alkanes of at least 4 members (excludes halogenated alkanes) is 15. The molecule has 276 valence electrons. The van der Waals surface area contributed by atoms with Crippen LogP contribution in [0.5, 0.6) is 0 Å².